The van der Waals surface area contributed by atoms with Crippen molar-refractivity contribution in [2.24, 2.45) is 0 Å². The Hall–Kier alpha value is -1.61. The first-order valence-corrected chi connectivity index (χ1v) is 23.9. The van der Waals surface area contributed by atoms with Crippen LogP contribution in [0.4, 0.5) is 0 Å². The van der Waals surface area contributed by atoms with Crippen LogP contribution in [0.5, 0.6) is 0 Å². The number of fused-ring (bicyclic) bond motifs is 10. The molecule has 42 heavy (non-hydrogen) atoms. The van der Waals surface area contributed by atoms with Gasteiger partial charge in [-0.2, -0.15) is 0 Å². The quantitative estimate of drug-likeness (QED) is 0.165. The van der Waals surface area contributed by atoms with E-state index in [9.17, 15) is 0 Å². The zero-order chi connectivity index (χ0) is 27.1. The predicted octanol–water partition coefficient (Wildman–Crippen LogP) is 7.55. The van der Waals surface area contributed by atoms with Gasteiger partial charge in [-0.05, 0) is 0 Å². The van der Waals surface area contributed by atoms with Crippen molar-refractivity contribution in [3.63, 3.8) is 0 Å². The topological polar surface area (TPSA) is 37.3 Å². The van der Waals surface area contributed by atoms with E-state index in [1.54, 1.807) is 21.2 Å². The Morgan fingerprint density at radius 3 is 0.952 bits per heavy atom. The van der Waals surface area contributed by atoms with Crippen molar-refractivity contribution in [1.29, 1.82) is 0 Å². The van der Waals surface area contributed by atoms with E-state index in [0.717, 1.165) is 15.0 Å². The zero-order valence-electron chi connectivity index (χ0n) is 23.1. The molecule has 0 saturated carbocycles. The predicted molar refractivity (Wildman–Crippen MR) is 167 cm³/mol. The molecule has 10 aliphatic heterocycles. The molecule has 2 nitrogen and oxygen atoms in total. The van der Waals surface area contributed by atoms with Gasteiger partial charge in [0.2, 0.25) is 0 Å². The summed E-state index contributed by atoms with van der Waals surface area (Å²) < 4.78 is 1.60. The van der Waals surface area contributed by atoms with Gasteiger partial charge in [-0.3, -0.25) is 4.79 Å². The second-order valence-electron chi connectivity index (χ2n) is 16.2. The summed E-state index contributed by atoms with van der Waals surface area (Å²) in [5, 5.41) is 14.3. The molecule has 0 bridgehead atoms. The van der Waals surface area contributed by atoms with E-state index in [4.69, 9.17) is 9.90 Å². The first kappa shape index (κ1) is 23.7. The average molecular weight is 721 g/mol. The summed E-state index contributed by atoms with van der Waals surface area (Å²) in [7, 11) is -0.505. The summed E-state index contributed by atoms with van der Waals surface area (Å²) >= 11 is 0. The van der Waals surface area contributed by atoms with Crippen LogP contribution >= 0.6 is 15.8 Å². The summed E-state index contributed by atoms with van der Waals surface area (Å²) in [4.78, 5) is 19.1. The van der Waals surface area contributed by atoms with Crippen molar-refractivity contribution >= 4 is 43.0 Å². The Balaban J connectivity index is 0.000000411. The Bertz CT molecular complexity index is 2030. The third kappa shape index (κ3) is 0.664. The van der Waals surface area contributed by atoms with Crippen molar-refractivity contribution in [1.82, 2.24) is 0 Å². The van der Waals surface area contributed by atoms with Crippen molar-refractivity contribution in [2.45, 2.75) is 53.6 Å². The molecule has 1 spiro atoms. The number of rotatable bonds is 6. The van der Waals surface area contributed by atoms with Crippen LogP contribution in [-0.4, -0.2) is 19.2 Å². The normalized spacial score (nSPS) is 56.2. The van der Waals surface area contributed by atoms with E-state index in [2.05, 4.69) is 121 Å². The van der Waals surface area contributed by atoms with Crippen LogP contribution in [0.3, 0.4) is 0 Å². The van der Waals surface area contributed by atoms with Crippen molar-refractivity contribution in [3.05, 3.63) is 121 Å². The van der Waals surface area contributed by atoms with Gasteiger partial charge >= 0.3 is 212 Å². The second-order valence-corrected chi connectivity index (χ2v) is 45.1. The molecular formula is C36H32FeO2P2Pd. The van der Waals surface area contributed by atoms with Crippen LogP contribution in [-0.2, 0) is 31.7 Å². The number of carboxylic acid groups (broad SMARTS) is 1. The van der Waals surface area contributed by atoms with Crippen molar-refractivity contribution in [3.8, 4) is 0 Å². The summed E-state index contributed by atoms with van der Waals surface area (Å²) in [6, 6.07) is 48.0. The minimum atomic E-state index is -3.82. The van der Waals surface area contributed by atoms with E-state index in [1.807, 2.05) is 0 Å². The Morgan fingerprint density at radius 1 is 0.548 bits per heavy atom. The first-order valence-electron chi connectivity index (χ1n) is 15.1. The molecule has 10 fully saturated rings. The standard InChI is InChI=1S/2C17H14P.C2H4O2.Fe.Pd/c2*1-3-9-15(10-4-1)18(17-13-7-8-14-17)16-11-5-2-6-12-16;1-2(3)4;;/h2*1-14H;1H3,(H,3,4);;. The molecule has 0 amide bonds. The average Bonchev–Trinajstić information content (AvgIpc) is 3.96. The van der Waals surface area contributed by atoms with E-state index in [1.165, 1.54) is 38.5 Å². The number of hydrogen-bond donors (Lipinski definition) is 1. The van der Waals surface area contributed by atoms with Crippen LogP contribution in [0.1, 0.15) is 6.92 Å². The van der Waals surface area contributed by atoms with Gasteiger partial charge in [-0.15, -0.1) is 0 Å². The molecule has 216 valence electrons. The van der Waals surface area contributed by atoms with Gasteiger partial charge in [0, 0.05) is 27.3 Å². The fourth-order valence-corrected chi connectivity index (χ4v) is 126. The van der Waals surface area contributed by atoms with Crippen LogP contribution in [0, 0.1) is 0 Å². The molecule has 4 aromatic carbocycles. The molecule has 1 N–H and O–H groups in total. The number of hydrogen-bond acceptors (Lipinski definition) is 1. The SMILES string of the molecule is CC(=O)O.[Pd].c1ccc(P(c2ccccc2)[C]23[CH]4[CH]5[CH]6[CH]2[Fe]56432789[CH]3[CH]2[CH]7[C]8(P(c2ccccc2)c2ccccc2)[CH]39)cc1. The molecule has 10 aliphatic rings. The zero-order valence-corrected chi connectivity index (χ0v) is 27.5. The summed E-state index contributed by atoms with van der Waals surface area (Å²) in [5.41, 5.74) is 0. The number of aliphatic carboxylic acids is 1. The fourth-order valence-electron chi connectivity index (χ4n) is 20.9. The maximum atomic E-state index is 9.00. The molecule has 6 heteroatoms. The monoisotopic (exact) mass is 720 g/mol. The minimum absolute atomic E-state index is 0. The molecular weight excluding hydrogens is 689 g/mol. The van der Waals surface area contributed by atoms with Gasteiger partial charge in [-0.1, -0.05) is 0 Å². The Morgan fingerprint density at radius 2 is 0.762 bits per heavy atom. The van der Waals surface area contributed by atoms with Crippen LogP contribution in [0.15, 0.2) is 121 Å². The van der Waals surface area contributed by atoms with Crippen LogP contribution < -0.4 is 21.2 Å². The Labute approximate surface area is 253 Å². The number of carboxylic acids is 1. The molecule has 10 saturated heterocycles. The fraction of sp³-hybridized carbons (Fsp3) is 0.306. The third-order valence-corrected chi connectivity index (χ3v) is 76.1. The molecule has 4 aromatic rings. The van der Waals surface area contributed by atoms with Gasteiger partial charge in [-0.25, -0.2) is 0 Å². The van der Waals surface area contributed by atoms with Gasteiger partial charge in [0.15, 0.2) is 0 Å². The van der Waals surface area contributed by atoms with Gasteiger partial charge in [0.05, 0.1) is 0 Å². The number of benzene rings is 4. The van der Waals surface area contributed by atoms with Gasteiger partial charge in [0.1, 0.15) is 0 Å². The van der Waals surface area contributed by atoms with E-state index in [-0.39, 0.29) is 36.3 Å². The van der Waals surface area contributed by atoms with E-state index >= 15 is 0 Å². The molecule has 8 unspecified atom stereocenters. The molecule has 0 aliphatic carbocycles. The third-order valence-electron chi connectivity index (χ3n) is 19.4. The molecule has 8 atom stereocenters. The van der Waals surface area contributed by atoms with Gasteiger partial charge in [0.25, 0.3) is 5.97 Å². The van der Waals surface area contributed by atoms with Gasteiger partial charge < -0.3 is 5.11 Å². The first-order chi connectivity index (χ1) is 19.8. The van der Waals surface area contributed by atoms with Crippen molar-refractivity contribution in [2.75, 3.05) is 0 Å². The second kappa shape index (κ2) is 4.01. The summed E-state index contributed by atoms with van der Waals surface area (Å²) in [5.74, 6) is -0.833. The molecule has 0 radical (unpaired) electrons. The van der Waals surface area contributed by atoms with Crippen LogP contribution in [0.2, 0.25) is 38.5 Å². The van der Waals surface area contributed by atoms with E-state index in [0.29, 0.717) is 0 Å². The molecule has 10 heterocycles. The molecule has 0 aromatic heterocycles. The van der Waals surface area contributed by atoms with E-state index < -0.39 is 12.5 Å². The van der Waals surface area contributed by atoms with Crippen molar-refractivity contribution < 1.29 is 36.8 Å². The summed E-state index contributed by atoms with van der Waals surface area (Å²) in [6.07, 6.45) is 0. The Kier molecular flexibility index (Phi) is 2.26. The number of carbonyl (C=O) groups is 1. The maximum absolute atomic E-state index is 9.00. The van der Waals surface area contributed by atoms with Crippen LogP contribution in [0.25, 0.3) is 0 Å². The molecule has 14 rings (SSSR count). The summed E-state index contributed by atoms with van der Waals surface area (Å²) in [6.45, 7) is -2.73.